The minimum Gasteiger partial charge on any atom is -0.351 e. The summed E-state index contributed by atoms with van der Waals surface area (Å²) in [7, 11) is 0. The molecule has 0 spiro atoms. The third kappa shape index (κ3) is 6.58. The average molecular weight is 429 g/mol. The summed E-state index contributed by atoms with van der Waals surface area (Å²) >= 11 is 2.67. The lowest BCUT2D eigenvalue weighted by molar-refractivity contribution is -0.120. The van der Waals surface area contributed by atoms with Crippen LogP contribution in [-0.4, -0.2) is 27.5 Å². The highest BCUT2D eigenvalue weighted by Crippen LogP contribution is 2.16. The Morgan fingerprint density at radius 2 is 2.00 bits per heavy atom. The van der Waals surface area contributed by atoms with Crippen molar-refractivity contribution in [2.75, 3.05) is 11.1 Å². The zero-order valence-electron chi connectivity index (χ0n) is 15.7. The maximum atomic E-state index is 12.2. The standard InChI is InChI=1S/C20H20N4O3S2/c1-13-5-2-3-7-16(13)23-19(27)12-29-20-22-14(10-18(26)24-20)9-17(25)21-11-15-6-4-8-28-15/h2-8,10H,9,11-12H2,1H3,(H,21,25)(H,23,27)(H,22,24,26). The molecule has 9 heteroatoms. The molecule has 0 radical (unpaired) electrons. The van der Waals surface area contributed by atoms with Crippen molar-refractivity contribution >= 4 is 40.6 Å². The Hall–Kier alpha value is -2.91. The number of carbonyl (C=O) groups excluding carboxylic acids is 2. The first-order chi connectivity index (χ1) is 14.0. The maximum Gasteiger partial charge on any atom is 0.251 e. The summed E-state index contributed by atoms with van der Waals surface area (Å²) in [5.74, 6) is -0.332. The Morgan fingerprint density at radius 3 is 2.76 bits per heavy atom. The number of nitrogens with one attached hydrogen (secondary N) is 3. The Bertz CT molecular complexity index is 1050. The van der Waals surface area contributed by atoms with E-state index in [9.17, 15) is 14.4 Å². The second kappa shape index (κ2) is 10.0. The molecule has 0 aliphatic rings. The van der Waals surface area contributed by atoms with E-state index in [4.69, 9.17) is 0 Å². The fourth-order valence-electron chi connectivity index (χ4n) is 2.50. The van der Waals surface area contributed by atoms with E-state index in [1.165, 1.54) is 6.07 Å². The van der Waals surface area contributed by atoms with Crippen molar-refractivity contribution in [3.63, 3.8) is 0 Å². The Balaban J connectivity index is 1.54. The number of anilines is 1. The molecule has 0 bridgehead atoms. The van der Waals surface area contributed by atoms with Gasteiger partial charge in [0, 0.05) is 16.6 Å². The van der Waals surface area contributed by atoms with Crippen molar-refractivity contribution in [1.29, 1.82) is 0 Å². The highest BCUT2D eigenvalue weighted by atomic mass is 32.2. The largest absolute Gasteiger partial charge is 0.351 e. The molecule has 3 rings (SSSR count). The number of hydrogen-bond acceptors (Lipinski definition) is 6. The lowest BCUT2D eigenvalue weighted by atomic mass is 10.2. The predicted molar refractivity (Wildman–Crippen MR) is 115 cm³/mol. The minimum absolute atomic E-state index is 0.00172. The van der Waals surface area contributed by atoms with E-state index < -0.39 is 0 Å². The number of aromatic nitrogens is 2. The van der Waals surface area contributed by atoms with E-state index >= 15 is 0 Å². The third-order valence-electron chi connectivity index (χ3n) is 3.91. The second-order valence-electron chi connectivity index (χ2n) is 6.23. The van der Waals surface area contributed by atoms with Crippen LogP contribution in [0.25, 0.3) is 0 Å². The topological polar surface area (TPSA) is 104 Å². The van der Waals surface area contributed by atoms with Gasteiger partial charge in [0.2, 0.25) is 11.8 Å². The third-order valence-corrected chi connectivity index (χ3v) is 5.66. The van der Waals surface area contributed by atoms with Gasteiger partial charge in [-0.25, -0.2) is 4.98 Å². The predicted octanol–water partition coefficient (Wildman–Crippen LogP) is 2.73. The molecular weight excluding hydrogens is 408 g/mol. The Morgan fingerprint density at radius 1 is 1.17 bits per heavy atom. The molecule has 3 N–H and O–H groups in total. The van der Waals surface area contributed by atoms with Gasteiger partial charge in [-0.05, 0) is 30.0 Å². The Kier molecular flexibility index (Phi) is 7.20. The number of aryl methyl sites for hydroxylation is 1. The van der Waals surface area contributed by atoms with Crippen molar-refractivity contribution in [3.05, 3.63) is 74.3 Å². The lowest BCUT2D eigenvalue weighted by Crippen LogP contribution is -2.25. The molecule has 2 heterocycles. The van der Waals surface area contributed by atoms with Gasteiger partial charge in [-0.15, -0.1) is 11.3 Å². The van der Waals surface area contributed by atoms with E-state index in [0.29, 0.717) is 17.4 Å². The van der Waals surface area contributed by atoms with Crippen molar-refractivity contribution in [2.45, 2.75) is 25.0 Å². The fourth-order valence-corrected chi connectivity index (χ4v) is 3.84. The smallest absolute Gasteiger partial charge is 0.251 e. The fraction of sp³-hybridized carbons (Fsp3) is 0.200. The minimum atomic E-state index is -0.358. The van der Waals surface area contributed by atoms with Crippen LogP contribution in [0, 0.1) is 6.92 Å². The van der Waals surface area contributed by atoms with Gasteiger partial charge in [0.05, 0.1) is 24.4 Å². The zero-order valence-corrected chi connectivity index (χ0v) is 17.4. The zero-order chi connectivity index (χ0) is 20.6. The molecule has 7 nitrogen and oxygen atoms in total. The molecule has 0 unspecified atom stereocenters. The molecule has 2 amide bonds. The summed E-state index contributed by atoms with van der Waals surface area (Å²) < 4.78 is 0. The SMILES string of the molecule is Cc1ccccc1NC(=O)CSc1nc(CC(=O)NCc2cccs2)cc(=O)[nH]1. The summed E-state index contributed by atoms with van der Waals surface area (Å²) in [5.41, 5.74) is 1.71. The van der Waals surface area contributed by atoms with Crippen molar-refractivity contribution in [1.82, 2.24) is 15.3 Å². The maximum absolute atomic E-state index is 12.2. The molecule has 2 aromatic heterocycles. The number of thioether (sulfide) groups is 1. The average Bonchev–Trinajstić information content (AvgIpc) is 3.20. The van der Waals surface area contributed by atoms with Crippen LogP contribution in [0.15, 0.2) is 57.8 Å². The quantitative estimate of drug-likeness (QED) is 0.378. The summed E-state index contributed by atoms with van der Waals surface area (Å²) in [4.78, 5) is 44.1. The van der Waals surface area contributed by atoms with Gasteiger partial charge in [0.15, 0.2) is 5.16 Å². The molecule has 3 aromatic rings. The number of para-hydroxylation sites is 1. The van der Waals surface area contributed by atoms with Crippen LogP contribution >= 0.6 is 23.1 Å². The molecule has 0 atom stereocenters. The molecule has 0 aliphatic heterocycles. The van der Waals surface area contributed by atoms with Gasteiger partial charge in [-0.2, -0.15) is 0 Å². The highest BCUT2D eigenvalue weighted by Gasteiger charge is 2.10. The summed E-state index contributed by atoms with van der Waals surface area (Å²) in [6.45, 7) is 2.36. The molecule has 150 valence electrons. The van der Waals surface area contributed by atoms with Crippen molar-refractivity contribution < 1.29 is 9.59 Å². The lowest BCUT2D eigenvalue weighted by Gasteiger charge is -2.08. The number of benzene rings is 1. The molecule has 29 heavy (non-hydrogen) atoms. The molecule has 0 saturated carbocycles. The second-order valence-corrected chi connectivity index (χ2v) is 8.22. The van der Waals surface area contributed by atoms with Gasteiger partial charge >= 0.3 is 0 Å². The monoisotopic (exact) mass is 428 g/mol. The van der Waals surface area contributed by atoms with E-state index in [1.54, 1.807) is 11.3 Å². The molecule has 1 aromatic carbocycles. The van der Waals surface area contributed by atoms with Crippen LogP contribution < -0.4 is 16.2 Å². The van der Waals surface area contributed by atoms with Crippen LogP contribution in [0.3, 0.4) is 0 Å². The van der Waals surface area contributed by atoms with Crippen LogP contribution in [-0.2, 0) is 22.6 Å². The van der Waals surface area contributed by atoms with Crippen LogP contribution in [0.5, 0.6) is 0 Å². The van der Waals surface area contributed by atoms with E-state index in [1.807, 2.05) is 48.7 Å². The number of H-pyrrole nitrogens is 1. The molecule has 0 aliphatic carbocycles. The molecule has 0 fully saturated rings. The summed E-state index contributed by atoms with van der Waals surface area (Å²) in [6, 6.07) is 12.6. The van der Waals surface area contributed by atoms with Gasteiger partial charge in [-0.1, -0.05) is 36.0 Å². The summed E-state index contributed by atoms with van der Waals surface area (Å²) in [6.07, 6.45) is -0.00172. The van der Waals surface area contributed by atoms with E-state index in [-0.39, 0.29) is 29.5 Å². The molecule has 0 saturated heterocycles. The number of carbonyl (C=O) groups is 2. The molecular formula is C20H20N4O3S2. The number of aromatic amines is 1. The number of thiophene rings is 1. The van der Waals surface area contributed by atoms with E-state index in [2.05, 4.69) is 20.6 Å². The van der Waals surface area contributed by atoms with Gasteiger partial charge in [0.1, 0.15) is 0 Å². The van der Waals surface area contributed by atoms with Crippen molar-refractivity contribution in [3.8, 4) is 0 Å². The first-order valence-electron chi connectivity index (χ1n) is 8.87. The first-order valence-corrected chi connectivity index (χ1v) is 10.7. The van der Waals surface area contributed by atoms with Gasteiger partial charge in [-0.3, -0.25) is 14.4 Å². The number of amides is 2. The van der Waals surface area contributed by atoms with Gasteiger partial charge < -0.3 is 15.6 Å². The van der Waals surface area contributed by atoms with Gasteiger partial charge in [0.25, 0.3) is 5.56 Å². The van der Waals surface area contributed by atoms with Crippen LogP contribution in [0.2, 0.25) is 0 Å². The normalized spacial score (nSPS) is 10.5. The Labute approximate surface area is 176 Å². The van der Waals surface area contributed by atoms with Crippen molar-refractivity contribution in [2.24, 2.45) is 0 Å². The summed E-state index contributed by atoms with van der Waals surface area (Å²) in [5, 5.41) is 7.88. The number of rotatable bonds is 8. The highest BCUT2D eigenvalue weighted by molar-refractivity contribution is 7.99. The van der Waals surface area contributed by atoms with E-state index in [0.717, 1.165) is 27.9 Å². The first kappa shape index (κ1) is 20.8. The number of nitrogens with zero attached hydrogens (tertiary/aromatic N) is 1. The number of hydrogen-bond donors (Lipinski definition) is 3. The van der Waals surface area contributed by atoms with Crippen LogP contribution in [0.1, 0.15) is 16.1 Å². The van der Waals surface area contributed by atoms with Crippen LogP contribution in [0.4, 0.5) is 5.69 Å².